The van der Waals surface area contributed by atoms with Crippen molar-refractivity contribution >= 4 is 39.6 Å². The van der Waals surface area contributed by atoms with E-state index in [-0.39, 0.29) is 18.4 Å². The van der Waals surface area contributed by atoms with E-state index in [1.807, 2.05) is 24.3 Å². The smallest absolute Gasteiger partial charge is 0.408 e. The molecular formula is C21H19ClN4O3. The molecule has 0 unspecified atom stereocenters. The van der Waals surface area contributed by atoms with Gasteiger partial charge in [0.05, 0.1) is 29.0 Å². The molecule has 3 heterocycles. The van der Waals surface area contributed by atoms with Crippen molar-refractivity contribution in [2.24, 2.45) is 0 Å². The Morgan fingerprint density at radius 1 is 1.28 bits per heavy atom. The van der Waals surface area contributed by atoms with Crippen molar-refractivity contribution in [2.75, 3.05) is 13.1 Å². The Kier molecular flexibility index (Phi) is 4.39. The Labute approximate surface area is 170 Å². The Morgan fingerprint density at radius 3 is 3.00 bits per heavy atom. The van der Waals surface area contributed by atoms with Crippen LogP contribution in [0.25, 0.3) is 22.1 Å². The van der Waals surface area contributed by atoms with E-state index < -0.39 is 5.76 Å². The molecule has 0 radical (unpaired) electrons. The van der Waals surface area contributed by atoms with Crippen LogP contribution in [0.4, 0.5) is 0 Å². The van der Waals surface area contributed by atoms with Crippen LogP contribution in [0.5, 0.6) is 0 Å². The van der Waals surface area contributed by atoms with Crippen LogP contribution in [0.3, 0.4) is 0 Å². The first kappa shape index (κ1) is 18.0. The molecule has 1 saturated heterocycles. The number of benzene rings is 2. The van der Waals surface area contributed by atoms with E-state index in [1.54, 1.807) is 27.7 Å². The third kappa shape index (κ3) is 3.31. The molecule has 148 valence electrons. The van der Waals surface area contributed by atoms with E-state index in [2.05, 4.69) is 9.97 Å². The molecule has 7 nitrogen and oxygen atoms in total. The number of halogens is 1. The number of likely N-dealkylation sites (tertiary alicyclic amines) is 1. The average molecular weight is 411 g/mol. The van der Waals surface area contributed by atoms with E-state index in [0.29, 0.717) is 35.0 Å². The first-order chi connectivity index (χ1) is 14.1. The zero-order chi connectivity index (χ0) is 20.0. The summed E-state index contributed by atoms with van der Waals surface area (Å²) in [5.74, 6) is 0.225. The molecule has 2 aromatic heterocycles. The number of H-pyrrole nitrogens is 1. The van der Waals surface area contributed by atoms with Gasteiger partial charge in [-0.05, 0) is 43.2 Å². The number of piperidine rings is 1. The fraction of sp³-hybridized carbons (Fsp3) is 0.286. The summed E-state index contributed by atoms with van der Waals surface area (Å²) in [4.78, 5) is 34.8. The SMILES string of the molecule is O=C(Cc1nc2ccccc2[nH]1)N1CCC[C@@H](n2c(=O)oc3ccc(Cl)cc32)C1. The van der Waals surface area contributed by atoms with E-state index in [0.717, 1.165) is 23.9 Å². The van der Waals surface area contributed by atoms with Gasteiger partial charge < -0.3 is 14.3 Å². The van der Waals surface area contributed by atoms with Crippen LogP contribution in [-0.4, -0.2) is 38.4 Å². The van der Waals surface area contributed by atoms with Crippen molar-refractivity contribution in [3.8, 4) is 0 Å². The number of nitrogens with zero attached hydrogens (tertiary/aromatic N) is 3. The average Bonchev–Trinajstić information content (AvgIpc) is 3.27. The summed E-state index contributed by atoms with van der Waals surface area (Å²) >= 11 is 6.11. The number of para-hydroxylation sites is 2. The highest BCUT2D eigenvalue weighted by atomic mass is 35.5. The molecule has 4 aromatic rings. The van der Waals surface area contributed by atoms with Crippen molar-refractivity contribution in [1.29, 1.82) is 0 Å². The number of oxazole rings is 1. The molecule has 0 bridgehead atoms. The quantitative estimate of drug-likeness (QED) is 0.560. The summed E-state index contributed by atoms with van der Waals surface area (Å²) in [5, 5.41) is 0.542. The lowest BCUT2D eigenvalue weighted by Gasteiger charge is -2.33. The second-order valence-corrected chi connectivity index (χ2v) is 7.80. The predicted molar refractivity (Wildman–Crippen MR) is 110 cm³/mol. The van der Waals surface area contributed by atoms with Crippen molar-refractivity contribution in [3.05, 3.63) is 63.9 Å². The van der Waals surface area contributed by atoms with Gasteiger partial charge in [-0.25, -0.2) is 9.78 Å². The first-order valence-corrected chi connectivity index (χ1v) is 9.98. The number of carbonyl (C=O) groups is 1. The van der Waals surface area contributed by atoms with Crippen LogP contribution in [-0.2, 0) is 11.2 Å². The summed E-state index contributed by atoms with van der Waals surface area (Å²) in [6.07, 6.45) is 1.82. The fourth-order valence-corrected chi connectivity index (χ4v) is 4.26. The summed E-state index contributed by atoms with van der Waals surface area (Å²) in [7, 11) is 0. The topological polar surface area (TPSA) is 84.1 Å². The molecule has 29 heavy (non-hydrogen) atoms. The second kappa shape index (κ2) is 7.08. The number of fused-ring (bicyclic) bond motifs is 2. The third-order valence-electron chi connectivity index (χ3n) is 5.45. The maximum atomic E-state index is 12.9. The Morgan fingerprint density at radius 2 is 2.14 bits per heavy atom. The van der Waals surface area contributed by atoms with Gasteiger partial charge in [0, 0.05) is 18.1 Å². The van der Waals surface area contributed by atoms with Gasteiger partial charge in [0.2, 0.25) is 5.91 Å². The molecule has 1 aliphatic heterocycles. The molecule has 5 rings (SSSR count). The van der Waals surface area contributed by atoms with Crippen molar-refractivity contribution < 1.29 is 9.21 Å². The fourth-order valence-electron chi connectivity index (χ4n) is 4.09. The minimum Gasteiger partial charge on any atom is -0.408 e. The highest BCUT2D eigenvalue weighted by molar-refractivity contribution is 6.31. The van der Waals surface area contributed by atoms with Gasteiger partial charge in [0.15, 0.2) is 5.58 Å². The Bertz CT molecular complexity index is 1240. The molecule has 1 N–H and O–H groups in total. The van der Waals surface area contributed by atoms with Crippen molar-refractivity contribution in [2.45, 2.75) is 25.3 Å². The number of rotatable bonds is 3. The zero-order valence-corrected chi connectivity index (χ0v) is 16.4. The number of hydrogen-bond donors (Lipinski definition) is 1. The molecule has 1 amide bonds. The third-order valence-corrected chi connectivity index (χ3v) is 5.68. The summed E-state index contributed by atoms with van der Waals surface area (Å²) in [6.45, 7) is 1.13. The van der Waals surface area contributed by atoms with Crippen molar-refractivity contribution in [1.82, 2.24) is 19.4 Å². The Hall–Kier alpha value is -3.06. The number of amides is 1. The molecular weight excluding hydrogens is 392 g/mol. The van der Waals surface area contributed by atoms with Gasteiger partial charge in [-0.15, -0.1) is 0 Å². The van der Waals surface area contributed by atoms with E-state index in [1.165, 1.54) is 0 Å². The summed E-state index contributed by atoms with van der Waals surface area (Å²) in [5.41, 5.74) is 2.93. The minimum absolute atomic E-state index is 0.00682. The molecule has 0 spiro atoms. The number of aromatic amines is 1. The first-order valence-electron chi connectivity index (χ1n) is 9.60. The minimum atomic E-state index is -0.418. The molecule has 1 fully saturated rings. The lowest BCUT2D eigenvalue weighted by Crippen LogP contribution is -2.43. The number of nitrogens with one attached hydrogen (secondary N) is 1. The van der Waals surface area contributed by atoms with Crippen LogP contribution in [0.15, 0.2) is 51.7 Å². The maximum absolute atomic E-state index is 12.9. The molecule has 8 heteroatoms. The highest BCUT2D eigenvalue weighted by Crippen LogP contribution is 2.27. The lowest BCUT2D eigenvalue weighted by atomic mass is 10.0. The van der Waals surface area contributed by atoms with Crippen LogP contribution in [0, 0.1) is 0 Å². The van der Waals surface area contributed by atoms with Crippen molar-refractivity contribution in [3.63, 3.8) is 0 Å². The zero-order valence-electron chi connectivity index (χ0n) is 15.6. The van der Waals surface area contributed by atoms with Crippen LogP contribution in [0.2, 0.25) is 5.02 Å². The molecule has 0 aliphatic carbocycles. The van der Waals surface area contributed by atoms with E-state index >= 15 is 0 Å². The largest absolute Gasteiger partial charge is 0.420 e. The monoisotopic (exact) mass is 410 g/mol. The van der Waals surface area contributed by atoms with Crippen LogP contribution in [0.1, 0.15) is 24.7 Å². The van der Waals surface area contributed by atoms with Gasteiger partial charge in [-0.2, -0.15) is 0 Å². The number of imidazole rings is 1. The number of carbonyl (C=O) groups excluding carboxylic acids is 1. The van der Waals surface area contributed by atoms with E-state index in [4.69, 9.17) is 16.0 Å². The lowest BCUT2D eigenvalue weighted by molar-refractivity contribution is -0.132. The van der Waals surface area contributed by atoms with Crippen LogP contribution >= 0.6 is 11.6 Å². The normalized spacial score (nSPS) is 17.3. The van der Waals surface area contributed by atoms with Gasteiger partial charge in [0.1, 0.15) is 5.82 Å². The molecule has 1 atom stereocenters. The number of hydrogen-bond acceptors (Lipinski definition) is 4. The maximum Gasteiger partial charge on any atom is 0.420 e. The molecule has 2 aromatic carbocycles. The number of aromatic nitrogens is 3. The van der Waals surface area contributed by atoms with Gasteiger partial charge >= 0.3 is 5.76 Å². The summed E-state index contributed by atoms with van der Waals surface area (Å²) < 4.78 is 6.99. The van der Waals surface area contributed by atoms with Crippen LogP contribution < -0.4 is 5.76 Å². The second-order valence-electron chi connectivity index (χ2n) is 7.36. The Balaban J connectivity index is 1.38. The van der Waals surface area contributed by atoms with Gasteiger partial charge in [-0.3, -0.25) is 9.36 Å². The summed E-state index contributed by atoms with van der Waals surface area (Å²) in [6, 6.07) is 12.7. The predicted octanol–water partition coefficient (Wildman–Crippen LogP) is 3.53. The molecule has 0 saturated carbocycles. The highest BCUT2D eigenvalue weighted by Gasteiger charge is 2.28. The van der Waals surface area contributed by atoms with Gasteiger partial charge in [-0.1, -0.05) is 23.7 Å². The van der Waals surface area contributed by atoms with Gasteiger partial charge in [0.25, 0.3) is 0 Å². The molecule has 1 aliphatic rings. The van der Waals surface area contributed by atoms with E-state index in [9.17, 15) is 9.59 Å². The standard InChI is InChI=1S/C21H19ClN4O3/c22-13-7-8-18-17(10-13)26(21(28)29-18)14-4-3-9-25(12-14)20(27)11-19-23-15-5-1-2-6-16(15)24-19/h1-2,5-8,10,14H,3-4,9,11-12H2,(H,23,24)/t14-/m1/s1.